The molecule has 1 aliphatic rings. The number of thiazole rings is 1. The fraction of sp³-hybridized carbons (Fsp3) is 0.412. The Bertz CT molecular complexity index is 714. The molecule has 1 atom stereocenters. The van der Waals surface area contributed by atoms with E-state index in [-0.39, 0.29) is 30.9 Å². The van der Waals surface area contributed by atoms with Crippen LogP contribution in [0, 0.1) is 5.92 Å². The third kappa shape index (κ3) is 5.07. The predicted molar refractivity (Wildman–Crippen MR) is 93.0 cm³/mol. The van der Waals surface area contributed by atoms with Gasteiger partial charge in [-0.15, -0.1) is 11.3 Å². The fourth-order valence-corrected chi connectivity index (χ4v) is 3.10. The Morgan fingerprint density at radius 1 is 1.28 bits per heavy atom. The molecule has 2 aromatic heterocycles. The highest BCUT2D eigenvalue weighted by atomic mass is 32.1. The van der Waals surface area contributed by atoms with Gasteiger partial charge in [0.1, 0.15) is 0 Å². The van der Waals surface area contributed by atoms with E-state index in [2.05, 4.69) is 20.6 Å². The van der Waals surface area contributed by atoms with E-state index in [1.165, 1.54) is 17.5 Å². The second-order valence-corrected chi connectivity index (χ2v) is 6.79. The highest BCUT2D eigenvalue weighted by molar-refractivity contribution is 7.07. The Labute approximate surface area is 149 Å². The molecule has 0 spiro atoms. The van der Waals surface area contributed by atoms with Gasteiger partial charge in [0.25, 0.3) is 5.91 Å². The fourth-order valence-electron chi connectivity index (χ4n) is 2.54. The van der Waals surface area contributed by atoms with E-state index in [1.807, 2.05) is 5.38 Å². The number of amides is 2. The Hall–Kier alpha value is -2.32. The molecule has 0 aliphatic heterocycles. The molecule has 2 heterocycles. The smallest absolute Gasteiger partial charge is 0.252 e. The molecule has 1 saturated carbocycles. The minimum absolute atomic E-state index is 0.0697. The highest BCUT2D eigenvalue weighted by Crippen LogP contribution is 2.32. The van der Waals surface area contributed by atoms with Gasteiger partial charge in [0.15, 0.2) is 0 Å². The number of carbonyl (C=O) groups excluding carboxylic acids is 2. The quantitative estimate of drug-likeness (QED) is 0.649. The van der Waals surface area contributed by atoms with E-state index in [1.54, 1.807) is 17.6 Å². The summed E-state index contributed by atoms with van der Waals surface area (Å²) in [6.45, 7) is 0.227. The lowest BCUT2D eigenvalue weighted by Gasteiger charge is -2.19. The summed E-state index contributed by atoms with van der Waals surface area (Å²) in [7, 11) is 0. The van der Waals surface area contributed by atoms with Crippen LogP contribution in [0.4, 0.5) is 0 Å². The molecule has 1 fully saturated rings. The third-order valence-corrected chi connectivity index (χ3v) is 4.73. The second-order valence-electron chi connectivity index (χ2n) is 6.07. The molecule has 0 saturated heterocycles. The van der Waals surface area contributed by atoms with Gasteiger partial charge in [-0.05, 0) is 30.9 Å². The van der Waals surface area contributed by atoms with Gasteiger partial charge in [0.05, 0.1) is 35.5 Å². The molecular formula is C17H20N4O3S. The van der Waals surface area contributed by atoms with Crippen LogP contribution in [0.15, 0.2) is 29.2 Å². The topological polar surface area (TPSA) is 104 Å². The normalized spacial score (nSPS) is 14.8. The van der Waals surface area contributed by atoms with Crippen molar-refractivity contribution in [2.24, 2.45) is 5.92 Å². The standard InChI is InChI=1S/C17H20N4O3S/c22-8-13-4-3-12(6-18-13)17(24)19-7-15(11-1-2-11)21-16(23)5-14-9-25-10-20-14/h3-4,6,9-11,15,22H,1-2,5,7-8H2,(H,19,24)(H,21,23). The summed E-state index contributed by atoms with van der Waals surface area (Å²) in [4.78, 5) is 32.5. The Balaban J connectivity index is 1.51. The van der Waals surface area contributed by atoms with E-state index in [9.17, 15) is 9.59 Å². The number of carbonyl (C=O) groups is 2. The largest absolute Gasteiger partial charge is 0.390 e. The summed E-state index contributed by atoms with van der Waals surface area (Å²) < 4.78 is 0. The summed E-state index contributed by atoms with van der Waals surface area (Å²) in [6, 6.07) is 3.17. The second kappa shape index (κ2) is 8.17. The number of nitrogens with zero attached hydrogens (tertiary/aromatic N) is 2. The van der Waals surface area contributed by atoms with Crippen LogP contribution < -0.4 is 10.6 Å². The van der Waals surface area contributed by atoms with Crippen molar-refractivity contribution < 1.29 is 14.7 Å². The van der Waals surface area contributed by atoms with Gasteiger partial charge in [-0.2, -0.15) is 0 Å². The maximum atomic E-state index is 12.2. The number of aliphatic hydroxyl groups excluding tert-OH is 1. The number of nitrogens with one attached hydrogen (secondary N) is 2. The maximum absolute atomic E-state index is 12.2. The first-order valence-corrected chi connectivity index (χ1v) is 9.10. The van der Waals surface area contributed by atoms with Crippen LogP contribution in [-0.2, 0) is 17.8 Å². The number of aromatic nitrogens is 2. The molecule has 3 rings (SSSR count). The Morgan fingerprint density at radius 3 is 2.72 bits per heavy atom. The van der Waals surface area contributed by atoms with E-state index in [0.29, 0.717) is 23.7 Å². The van der Waals surface area contributed by atoms with Gasteiger partial charge in [0.2, 0.25) is 5.91 Å². The van der Waals surface area contributed by atoms with E-state index in [0.717, 1.165) is 18.5 Å². The van der Waals surface area contributed by atoms with Crippen LogP contribution in [0.1, 0.15) is 34.6 Å². The highest BCUT2D eigenvalue weighted by Gasteiger charge is 2.32. The lowest BCUT2D eigenvalue weighted by molar-refractivity contribution is -0.121. The van der Waals surface area contributed by atoms with Crippen molar-refractivity contribution in [3.8, 4) is 0 Å². The van der Waals surface area contributed by atoms with Gasteiger partial charge < -0.3 is 15.7 Å². The SMILES string of the molecule is O=C(Cc1cscn1)NC(CNC(=O)c1ccc(CO)nc1)C1CC1. The number of rotatable bonds is 8. The minimum atomic E-state index is -0.239. The van der Waals surface area contributed by atoms with Crippen LogP contribution in [-0.4, -0.2) is 39.5 Å². The van der Waals surface area contributed by atoms with Crippen LogP contribution in [0.3, 0.4) is 0 Å². The lowest BCUT2D eigenvalue weighted by Crippen LogP contribution is -2.45. The average Bonchev–Trinajstić information content (AvgIpc) is 3.35. The monoisotopic (exact) mass is 360 g/mol. The maximum Gasteiger partial charge on any atom is 0.252 e. The van der Waals surface area contributed by atoms with Crippen LogP contribution in [0.25, 0.3) is 0 Å². The first-order chi connectivity index (χ1) is 12.2. The molecule has 0 aromatic carbocycles. The van der Waals surface area contributed by atoms with Crippen molar-refractivity contribution in [3.63, 3.8) is 0 Å². The van der Waals surface area contributed by atoms with Gasteiger partial charge in [-0.1, -0.05) is 0 Å². The summed E-state index contributed by atoms with van der Waals surface area (Å²) >= 11 is 1.46. The van der Waals surface area contributed by atoms with E-state index < -0.39 is 0 Å². The van der Waals surface area contributed by atoms with Crippen LogP contribution in [0.5, 0.6) is 0 Å². The van der Waals surface area contributed by atoms with Crippen LogP contribution in [0.2, 0.25) is 0 Å². The predicted octanol–water partition coefficient (Wildman–Crippen LogP) is 0.898. The molecular weight excluding hydrogens is 340 g/mol. The van der Waals surface area contributed by atoms with E-state index in [4.69, 9.17) is 5.11 Å². The zero-order valence-corrected chi connectivity index (χ0v) is 14.5. The Morgan fingerprint density at radius 2 is 2.12 bits per heavy atom. The third-order valence-electron chi connectivity index (χ3n) is 4.09. The molecule has 2 amide bonds. The molecule has 132 valence electrons. The lowest BCUT2D eigenvalue weighted by atomic mass is 10.1. The molecule has 1 unspecified atom stereocenters. The van der Waals surface area contributed by atoms with Crippen molar-refractivity contribution in [2.75, 3.05) is 6.54 Å². The van der Waals surface area contributed by atoms with Crippen LogP contribution >= 0.6 is 11.3 Å². The molecule has 1 aliphatic carbocycles. The number of hydrogen-bond donors (Lipinski definition) is 3. The zero-order valence-electron chi connectivity index (χ0n) is 13.6. The van der Waals surface area contributed by atoms with Crippen molar-refractivity contribution in [3.05, 3.63) is 46.2 Å². The van der Waals surface area contributed by atoms with Crippen molar-refractivity contribution >= 4 is 23.2 Å². The summed E-state index contributed by atoms with van der Waals surface area (Å²) in [5, 5.41) is 16.7. The molecule has 7 nitrogen and oxygen atoms in total. The van der Waals surface area contributed by atoms with Gasteiger partial charge >= 0.3 is 0 Å². The average molecular weight is 360 g/mol. The Kier molecular flexibility index (Phi) is 5.72. The molecule has 25 heavy (non-hydrogen) atoms. The number of hydrogen-bond acceptors (Lipinski definition) is 6. The van der Waals surface area contributed by atoms with Gasteiger partial charge in [-0.25, -0.2) is 4.98 Å². The van der Waals surface area contributed by atoms with Crippen molar-refractivity contribution in [2.45, 2.75) is 31.9 Å². The number of aliphatic hydroxyl groups is 1. The minimum Gasteiger partial charge on any atom is -0.390 e. The molecule has 0 radical (unpaired) electrons. The zero-order chi connectivity index (χ0) is 17.6. The molecule has 2 aromatic rings. The molecule has 3 N–H and O–H groups in total. The van der Waals surface area contributed by atoms with Crippen molar-refractivity contribution in [1.29, 1.82) is 0 Å². The summed E-state index contributed by atoms with van der Waals surface area (Å²) in [6.07, 6.45) is 3.82. The van der Waals surface area contributed by atoms with Gasteiger partial charge in [0, 0.05) is 24.2 Å². The van der Waals surface area contributed by atoms with E-state index >= 15 is 0 Å². The molecule has 8 heteroatoms. The first-order valence-electron chi connectivity index (χ1n) is 8.16. The molecule has 0 bridgehead atoms. The number of pyridine rings is 1. The summed E-state index contributed by atoms with van der Waals surface area (Å²) in [5.74, 6) is 0.0944. The van der Waals surface area contributed by atoms with Gasteiger partial charge in [-0.3, -0.25) is 14.6 Å². The van der Waals surface area contributed by atoms with Crippen molar-refractivity contribution in [1.82, 2.24) is 20.6 Å². The first kappa shape index (κ1) is 17.5. The summed E-state index contributed by atoms with van der Waals surface area (Å²) in [5.41, 5.74) is 3.41.